The van der Waals surface area contributed by atoms with E-state index in [1.165, 1.54) is 18.3 Å². The van der Waals surface area contributed by atoms with Crippen molar-refractivity contribution in [2.45, 2.75) is 38.3 Å². The minimum absolute atomic E-state index is 0.0640. The molecular formula is C35H37FN6O6. The number of halogens is 1. The molecule has 3 amide bonds. The number of pyridine rings is 1. The quantitative estimate of drug-likeness (QED) is 0.312. The van der Waals surface area contributed by atoms with Gasteiger partial charge in [-0.3, -0.25) is 19.2 Å². The summed E-state index contributed by atoms with van der Waals surface area (Å²) in [5.41, 5.74) is 2.09. The molecule has 2 aromatic carbocycles. The largest absolute Gasteiger partial charge is 0.494 e. The summed E-state index contributed by atoms with van der Waals surface area (Å²) < 4.78 is 22.6. The molecule has 0 aliphatic carbocycles. The topological polar surface area (TPSA) is 147 Å². The van der Waals surface area contributed by atoms with Gasteiger partial charge in [-0.25, -0.2) is 14.4 Å². The molecule has 0 radical (unpaired) electrons. The first-order chi connectivity index (χ1) is 23.4. The predicted octanol–water partition coefficient (Wildman–Crippen LogP) is 4.19. The first kappa shape index (κ1) is 33.8. The lowest BCUT2D eigenvalue weighted by molar-refractivity contribution is -0.132. The molecule has 13 heteroatoms. The van der Waals surface area contributed by atoms with E-state index in [9.17, 15) is 18.8 Å². The van der Waals surface area contributed by atoms with Gasteiger partial charge in [0, 0.05) is 62.4 Å². The predicted molar refractivity (Wildman–Crippen MR) is 174 cm³/mol. The van der Waals surface area contributed by atoms with Crippen LogP contribution in [0.2, 0.25) is 0 Å². The van der Waals surface area contributed by atoms with Crippen molar-refractivity contribution in [2.24, 2.45) is 0 Å². The number of fused-ring (bicyclic) bond motifs is 5. The van der Waals surface area contributed by atoms with Gasteiger partial charge in [-0.05, 0) is 55.2 Å². The van der Waals surface area contributed by atoms with E-state index in [1.54, 1.807) is 17.2 Å². The Balaban J connectivity index is 0.00000145. The number of carbonyl (C=O) groups excluding carboxylic acids is 3. The molecule has 1 atom stereocenters. The fourth-order valence-corrected chi connectivity index (χ4v) is 5.91. The number of carbonyl (C=O) groups is 4. The number of benzene rings is 2. The second-order valence-corrected chi connectivity index (χ2v) is 11.3. The Morgan fingerprint density at radius 3 is 2.52 bits per heavy atom. The van der Waals surface area contributed by atoms with Crippen molar-refractivity contribution >= 4 is 24.2 Å². The molecule has 48 heavy (non-hydrogen) atoms. The van der Waals surface area contributed by atoms with Gasteiger partial charge in [0.1, 0.15) is 11.6 Å². The van der Waals surface area contributed by atoms with Gasteiger partial charge < -0.3 is 29.5 Å². The highest BCUT2D eigenvalue weighted by molar-refractivity contribution is 5.99. The number of nitrogens with one attached hydrogen (secondary N) is 1. The molecule has 6 rings (SSSR count). The lowest BCUT2D eigenvalue weighted by Crippen LogP contribution is -2.38. The highest BCUT2D eigenvalue weighted by atomic mass is 19.1. The van der Waals surface area contributed by atoms with Gasteiger partial charge in [0.2, 0.25) is 5.91 Å². The lowest BCUT2D eigenvalue weighted by atomic mass is 10.0. The van der Waals surface area contributed by atoms with Crippen molar-refractivity contribution < 1.29 is 33.4 Å². The summed E-state index contributed by atoms with van der Waals surface area (Å²) in [5, 5.41) is 9.83. The van der Waals surface area contributed by atoms with E-state index in [4.69, 9.17) is 14.6 Å². The molecule has 0 saturated carbocycles. The molecule has 1 unspecified atom stereocenters. The monoisotopic (exact) mass is 656 g/mol. The Hall–Kier alpha value is -5.59. The van der Waals surface area contributed by atoms with E-state index in [2.05, 4.69) is 15.3 Å². The zero-order chi connectivity index (χ0) is 33.9. The molecule has 0 spiro atoms. The van der Waals surface area contributed by atoms with Crippen molar-refractivity contribution in [1.29, 1.82) is 0 Å². The molecule has 4 heterocycles. The fourth-order valence-electron chi connectivity index (χ4n) is 5.91. The average Bonchev–Trinajstić information content (AvgIpc) is 3.69. The summed E-state index contributed by atoms with van der Waals surface area (Å²) in [5.74, 6) is 0.0512. The van der Waals surface area contributed by atoms with E-state index in [1.807, 2.05) is 58.1 Å². The average molecular weight is 657 g/mol. The third-order valence-corrected chi connectivity index (χ3v) is 8.23. The highest BCUT2D eigenvalue weighted by Crippen LogP contribution is 2.28. The second kappa shape index (κ2) is 16.3. The summed E-state index contributed by atoms with van der Waals surface area (Å²) in [6.45, 7) is 2.25. The van der Waals surface area contributed by atoms with E-state index in [0.717, 1.165) is 17.0 Å². The van der Waals surface area contributed by atoms with Gasteiger partial charge in [0.25, 0.3) is 18.3 Å². The van der Waals surface area contributed by atoms with Crippen LogP contribution in [-0.2, 0) is 16.1 Å². The maximum Gasteiger partial charge on any atom is 0.290 e. The molecule has 2 aliphatic heterocycles. The van der Waals surface area contributed by atoms with Crippen molar-refractivity contribution in [3.05, 3.63) is 102 Å². The van der Waals surface area contributed by atoms with Crippen LogP contribution in [0.4, 0.5) is 4.39 Å². The Morgan fingerprint density at radius 2 is 1.71 bits per heavy atom. The van der Waals surface area contributed by atoms with Crippen LogP contribution in [0, 0.1) is 5.82 Å². The van der Waals surface area contributed by atoms with E-state index in [0.29, 0.717) is 69.9 Å². The summed E-state index contributed by atoms with van der Waals surface area (Å²) in [6.07, 6.45) is 6.98. The molecule has 2 N–H and O–H groups in total. The number of carboxylic acid groups (broad SMARTS) is 1. The van der Waals surface area contributed by atoms with Gasteiger partial charge >= 0.3 is 0 Å². The highest BCUT2D eigenvalue weighted by Gasteiger charge is 2.31. The zero-order valence-electron chi connectivity index (χ0n) is 26.3. The normalized spacial score (nSPS) is 16.6. The molecule has 2 aliphatic rings. The first-order valence-electron chi connectivity index (χ1n) is 15.8. The van der Waals surface area contributed by atoms with Crippen LogP contribution in [0.3, 0.4) is 0 Å². The van der Waals surface area contributed by atoms with Crippen LogP contribution in [0.25, 0.3) is 11.4 Å². The van der Waals surface area contributed by atoms with Crippen molar-refractivity contribution in [3.8, 4) is 17.1 Å². The number of aromatic nitrogens is 3. The summed E-state index contributed by atoms with van der Waals surface area (Å²) in [4.78, 5) is 59.9. The fraction of sp³-hybridized carbons (Fsp3) is 0.314. The molecular weight excluding hydrogens is 619 g/mol. The molecule has 0 fully saturated rings. The van der Waals surface area contributed by atoms with Crippen molar-refractivity contribution in [1.82, 2.24) is 29.7 Å². The van der Waals surface area contributed by atoms with Crippen molar-refractivity contribution in [2.75, 3.05) is 32.8 Å². The Morgan fingerprint density at radius 1 is 0.938 bits per heavy atom. The van der Waals surface area contributed by atoms with Gasteiger partial charge in [-0.1, -0.05) is 30.3 Å². The van der Waals surface area contributed by atoms with Crippen LogP contribution in [-0.4, -0.2) is 86.4 Å². The maximum atomic E-state index is 14.6. The number of ether oxygens (including phenoxy) is 1. The molecule has 2 aromatic heterocycles. The molecule has 250 valence electrons. The van der Waals surface area contributed by atoms with Gasteiger partial charge in [0.05, 0.1) is 19.1 Å². The van der Waals surface area contributed by atoms with E-state index >= 15 is 0 Å². The number of nitrogens with zero attached hydrogens (tertiary/aromatic N) is 5. The zero-order valence-corrected chi connectivity index (χ0v) is 26.3. The van der Waals surface area contributed by atoms with Crippen LogP contribution in [0.5, 0.6) is 5.75 Å². The SMILES string of the molecule is O=C1NC(CC(=O)N2CCCCN(C(=O)c3ncccc3F)CCn3ccnc3-c3cccc(c3)OCCC2)c2ccccc21.O=CO. The molecule has 0 saturated heterocycles. The Kier molecular flexibility index (Phi) is 11.5. The maximum absolute atomic E-state index is 14.6. The van der Waals surface area contributed by atoms with Gasteiger partial charge in [0.15, 0.2) is 11.5 Å². The number of hydrogen-bond donors (Lipinski definition) is 2. The van der Waals surface area contributed by atoms with E-state index in [-0.39, 0.29) is 36.4 Å². The molecule has 2 bridgehead atoms. The van der Waals surface area contributed by atoms with Gasteiger partial charge in [-0.2, -0.15) is 0 Å². The summed E-state index contributed by atoms with van der Waals surface area (Å²) in [7, 11) is 0. The van der Waals surface area contributed by atoms with Crippen LogP contribution in [0.1, 0.15) is 58.1 Å². The minimum Gasteiger partial charge on any atom is -0.494 e. The van der Waals surface area contributed by atoms with Crippen LogP contribution >= 0.6 is 0 Å². The molecule has 4 aromatic rings. The number of imidazole rings is 1. The number of amides is 3. The van der Waals surface area contributed by atoms with Crippen molar-refractivity contribution in [3.63, 3.8) is 0 Å². The third-order valence-electron chi connectivity index (χ3n) is 8.23. The summed E-state index contributed by atoms with van der Waals surface area (Å²) >= 11 is 0. The van der Waals surface area contributed by atoms with Crippen LogP contribution in [0.15, 0.2) is 79.3 Å². The number of hydrogen-bond acceptors (Lipinski definition) is 7. The minimum atomic E-state index is -0.664. The van der Waals surface area contributed by atoms with Gasteiger partial charge in [-0.15, -0.1) is 0 Å². The van der Waals surface area contributed by atoms with Crippen LogP contribution < -0.4 is 10.1 Å². The lowest BCUT2D eigenvalue weighted by Gasteiger charge is -2.26. The number of rotatable bonds is 3. The Bertz CT molecular complexity index is 1750. The third kappa shape index (κ3) is 8.21. The standard InChI is InChI=1S/C34H35FN6O4.CH2O2/c35-28-12-6-13-36-31(28)34(44)41-16-4-3-15-39(30(42)23-29-26-10-1-2-11-27(26)33(43)38-29)17-7-21-45-25-9-5-8-24(22-25)32-37-14-18-40(32)19-20-41;2-1-3/h1-2,5-6,8-14,18,22,29H,3-4,7,15-17,19-21,23H2,(H,38,43);1H,(H,2,3). The summed E-state index contributed by atoms with van der Waals surface area (Å²) in [6, 6.07) is 17.3. The first-order valence-corrected chi connectivity index (χ1v) is 15.8. The smallest absolute Gasteiger partial charge is 0.290 e. The molecule has 12 nitrogen and oxygen atoms in total. The van der Waals surface area contributed by atoms with E-state index < -0.39 is 11.7 Å². The second-order valence-electron chi connectivity index (χ2n) is 11.3. The Labute approximate surface area is 277 Å².